The molecule has 5 nitrogen and oxygen atoms in total. The summed E-state index contributed by atoms with van der Waals surface area (Å²) >= 11 is 0. The fourth-order valence-corrected chi connectivity index (χ4v) is 3.10. The number of aryl methyl sites for hydroxylation is 1. The molecule has 0 fully saturated rings. The molecule has 0 spiro atoms. The van der Waals surface area contributed by atoms with Crippen LogP contribution in [0.25, 0.3) is 10.9 Å². The molecule has 0 aliphatic rings. The molecule has 0 radical (unpaired) electrons. The quantitative estimate of drug-likeness (QED) is 0.596. The third-order valence-electron chi connectivity index (χ3n) is 4.69. The van der Waals surface area contributed by atoms with Crippen LogP contribution in [0.5, 0.6) is 5.75 Å². The average molecular weight is 381 g/mol. The van der Waals surface area contributed by atoms with E-state index in [9.17, 15) is 9.90 Å². The van der Waals surface area contributed by atoms with E-state index < -0.39 is 12.1 Å². The number of aromatic nitrogens is 1. The van der Waals surface area contributed by atoms with Crippen LogP contribution in [-0.4, -0.2) is 28.4 Å². The summed E-state index contributed by atoms with van der Waals surface area (Å²) in [6, 6.07) is 17.9. The highest BCUT2D eigenvalue weighted by molar-refractivity contribution is 5.81. The van der Waals surface area contributed by atoms with Gasteiger partial charge in [-0.2, -0.15) is 0 Å². The summed E-state index contributed by atoms with van der Waals surface area (Å²) in [6.45, 7) is 4.91. The van der Waals surface area contributed by atoms with Gasteiger partial charge in [0.05, 0.1) is 12.3 Å². The first-order valence-electron chi connectivity index (χ1n) is 9.53. The predicted octanol–water partition coefficient (Wildman–Crippen LogP) is 4.43. The number of rotatable bonds is 9. The van der Waals surface area contributed by atoms with Crippen molar-refractivity contribution in [2.24, 2.45) is 13.0 Å². The molecule has 0 aliphatic carbocycles. The van der Waals surface area contributed by atoms with Gasteiger partial charge in [0.2, 0.25) is 0 Å². The van der Waals surface area contributed by atoms with Crippen molar-refractivity contribution in [1.29, 1.82) is 0 Å². The number of fused-ring (bicyclic) bond motifs is 1. The first kappa shape index (κ1) is 20.0. The summed E-state index contributed by atoms with van der Waals surface area (Å²) < 4.78 is 13.6. The van der Waals surface area contributed by atoms with E-state index in [4.69, 9.17) is 9.47 Å². The standard InChI is InChI=1S/C23H27NO4/c1-16(2)14-28-22(23(25)26)12-17-8-10-20(11-9-17)27-15-19-13-18-6-4-5-7-21(18)24(19)3/h4-11,13,16,22H,12,14-15H2,1-3H3,(H,25,26). The number of carboxylic acids is 1. The monoisotopic (exact) mass is 381 g/mol. The van der Waals surface area contributed by atoms with Crippen LogP contribution in [0.4, 0.5) is 0 Å². The van der Waals surface area contributed by atoms with Crippen molar-refractivity contribution in [2.45, 2.75) is 33.0 Å². The molecule has 3 aromatic rings. The van der Waals surface area contributed by atoms with Crippen molar-refractivity contribution in [3.8, 4) is 5.75 Å². The molecule has 0 aliphatic heterocycles. The Kier molecular flexibility index (Phi) is 6.37. The van der Waals surface area contributed by atoms with Crippen LogP contribution < -0.4 is 4.74 Å². The van der Waals surface area contributed by atoms with Gasteiger partial charge in [0.15, 0.2) is 6.10 Å². The highest BCUT2D eigenvalue weighted by Gasteiger charge is 2.19. The fraction of sp³-hybridized carbons (Fsp3) is 0.348. The Morgan fingerprint density at radius 3 is 2.46 bits per heavy atom. The number of nitrogens with zero attached hydrogens (tertiary/aromatic N) is 1. The molecule has 148 valence electrons. The minimum absolute atomic E-state index is 0.298. The minimum Gasteiger partial charge on any atom is -0.487 e. The number of carboxylic acid groups (broad SMARTS) is 1. The van der Waals surface area contributed by atoms with Crippen LogP contribution in [-0.2, 0) is 29.6 Å². The van der Waals surface area contributed by atoms with E-state index in [1.54, 1.807) is 0 Å². The maximum absolute atomic E-state index is 11.4. The maximum Gasteiger partial charge on any atom is 0.333 e. The summed E-state index contributed by atoms with van der Waals surface area (Å²) in [7, 11) is 2.04. The van der Waals surface area contributed by atoms with Crippen molar-refractivity contribution in [3.05, 3.63) is 65.9 Å². The van der Waals surface area contributed by atoms with Gasteiger partial charge in [0.1, 0.15) is 12.4 Å². The number of hydrogen-bond donors (Lipinski definition) is 1. The van der Waals surface area contributed by atoms with Gasteiger partial charge in [-0.1, -0.05) is 44.2 Å². The number of benzene rings is 2. The summed E-state index contributed by atoms with van der Waals surface area (Å²) in [5.41, 5.74) is 3.18. The van der Waals surface area contributed by atoms with Gasteiger partial charge in [-0.15, -0.1) is 0 Å². The third kappa shape index (κ3) is 4.93. The molecule has 2 aromatic carbocycles. The van der Waals surface area contributed by atoms with Crippen LogP contribution in [0, 0.1) is 5.92 Å². The minimum atomic E-state index is -0.934. The van der Waals surface area contributed by atoms with Gasteiger partial charge < -0.3 is 19.1 Å². The van der Waals surface area contributed by atoms with Crippen LogP contribution in [0.2, 0.25) is 0 Å². The van der Waals surface area contributed by atoms with Crippen molar-refractivity contribution in [3.63, 3.8) is 0 Å². The van der Waals surface area contributed by atoms with Crippen molar-refractivity contribution in [2.75, 3.05) is 6.61 Å². The first-order chi connectivity index (χ1) is 13.4. The molecule has 0 saturated heterocycles. The normalized spacial score (nSPS) is 12.4. The number of ether oxygens (including phenoxy) is 2. The summed E-state index contributed by atoms with van der Waals surface area (Å²) in [6.07, 6.45) is -0.490. The topological polar surface area (TPSA) is 60.7 Å². The molecule has 0 bridgehead atoms. The average Bonchev–Trinajstić information content (AvgIpc) is 3.00. The van der Waals surface area contributed by atoms with Crippen molar-refractivity contribution in [1.82, 2.24) is 4.57 Å². The second-order valence-corrected chi connectivity index (χ2v) is 7.44. The van der Waals surface area contributed by atoms with Gasteiger partial charge in [0.25, 0.3) is 0 Å². The van der Waals surface area contributed by atoms with Crippen LogP contribution in [0.15, 0.2) is 54.6 Å². The first-order valence-corrected chi connectivity index (χ1v) is 9.53. The second-order valence-electron chi connectivity index (χ2n) is 7.44. The van der Waals surface area contributed by atoms with Crippen LogP contribution >= 0.6 is 0 Å². The van der Waals surface area contributed by atoms with Crippen molar-refractivity contribution >= 4 is 16.9 Å². The number of aliphatic carboxylic acids is 1. The fourth-order valence-electron chi connectivity index (χ4n) is 3.10. The molecular formula is C23H27NO4. The lowest BCUT2D eigenvalue weighted by molar-refractivity contribution is -0.150. The molecule has 1 N–H and O–H groups in total. The third-order valence-corrected chi connectivity index (χ3v) is 4.69. The van der Waals surface area contributed by atoms with Gasteiger partial charge in [-0.05, 0) is 41.1 Å². The zero-order valence-corrected chi connectivity index (χ0v) is 16.6. The second kappa shape index (κ2) is 8.93. The largest absolute Gasteiger partial charge is 0.487 e. The molecular weight excluding hydrogens is 354 g/mol. The highest BCUT2D eigenvalue weighted by Crippen LogP contribution is 2.21. The molecule has 0 amide bonds. The Morgan fingerprint density at radius 1 is 1.11 bits per heavy atom. The van der Waals surface area contributed by atoms with E-state index >= 15 is 0 Å². The Balaban J connectivity index is 1.60. The van der Waals surface area contributed by atoms with Crippen LogP contribution in [0.3, 0.4) is 0 Å². The van der Waals surface area contributed by atoms with Gasteiger partial charge >= 0.3 is 5.97 Å². The summed E-state index contributed by atoms with van der Waals surface area (Å²) in [5, 5.41) is 10.5. The van der Waals surface area contributed by atoms with E-state index in [0.717, 1.165) is 17.0 Å². The lowest BCUT2D eigenvalue weighted by Crippen LogP contribution is -2.27. The Hall–Kier alpha value is -2.79. The van der Waals surface area contributed by atoms with Crippen LogP contribution in [0.1, 0.15) is 25.1 Å². The number of hydrogen-bond acceptors (Lipinski definition) is 3. The Bertz CT molecular complexity index is 927. The summed E-state index contributed by atoms with van der Waals surface area (Å²) in [5.74, 6) is 0.118. The zero-order chi connectivity index (χ0) is 20.1. The summed E-state index contributed by atoms with van der Waals surface area (Å²) in [4.78, 5) is 11.4. The SMILES string of the molecule is CC(C)COC(Cc1ccc(OCc2cc3ccccc3n2C)cc1)C(=O)O. The smallest absolute Gasteiger partial charge is 0.333 e. The Labute approximate surface area is 165 Å². The molecule has 5 heteroatoms. The maximum atomic E-state index is 11.4. The van der Waals surface area contributed by atoms with Gasteiger partial charge in [-0.25, -0.2) is 4.79 Å². The van der Waals surface area contributed by atoms with E-state index in [2.05, 4.69) is 22.8 Å². The number of para-hydroxylation sites is 1. The van der Waals surface area contributed by atoms with Gasteiger partial charge in [-0.3, -0.25) is 0 Å². The van der Waals surface area contributed by atoms with E-state index in [1.807, 2.05) is 57.3 Å². The lowest BCUT2D eigenvalue weighted by atomic mass is 10.1. The highest BCUT2D eigenvalue weighted by atomic mass is 16.5. The Morgan fingerprint density at radius 2 is 1.82 bits per heavy atom. The lowest BCUT2D eigenvalue weighted by Gasteiger charge is -2.15. The molecule has 0 saturated carbocycles. The van der Waals surface area contributed by atoms with Crippen molar-refractivity contribution < 1.29 is 19.4 Å². The van der Waals surface area contributed by atoms with E-state index in [0.29, 0.717) is 25.6 Å². The zero-order valence-electron chi connectivity index (χ0n) is 16.6. The molecule has 1 atom stereocenters. The van der Waals surface area contributed by atoms with Gasteiger partial charge in [0, 0.05) is 19.0 Å². The molecule has 1 unspecified atom stereocenters. The van der Waals surface area contributed by atoms with E-state index in [1.165, 1.54) is 10.9 Å². The molecule has 1 heterocycles. The molecule has 1 aromatic heterocycles. The number of carbonyl (C=O) groups is 1. The van der Waals surface area contributed by atoms with E-state index in [-0.39, 0.29) is 0 Å². The molecule has 3 rings (SSSR count). The predicted molar refractivity (Wildman–Crippen MR) is 110 cm³/mol. The molecule has 28 heavy (non-hydrogen) atoms.